The van der Waals surface area contributed by atoms with Gasteiger partial charge in [-0.05, 0) is 54.8 Å². The van der Waals surface area contributed by atoms with Crippen molar-refractivity contribution in [3.63, 3.8) is 0 Å². The molecule has 4 aliphatic rings. The fourth-order valence-electron chi connectivity index (χ4n) is 10.8. The third-order valence-corrected chi connectivity index (χ3v) is 14.3. The molecule has 7 rings (SSSR count). The monoisotopic (exact) mass is 969 g/mol. The molecule has 3 fully saturated rings. The Morgan fingerprint density at radius 3 is 1.93 bits per heavy atom. The van der Waals surface area contributed by atoms with Crippen LogP contribution >= 0.6 is 0 Å². The van der Waals surface area contributed by atoms with Gasteiger partial charge in [0, 0.05) is 31.2 Å². The minimum Gasteiger partial charge on any atom is -0.481 e. The average Bonchev–Trinajstić information content (AvgIpc) is 3.32. The zero-order valence-corrected chi connectivity index (χ0v) is 39.2. The van der Waals surface area contributed by atoms with Crippen LogP contribution < -0.4 is 5.32 Å². The Morgan fingerprint density at radius 2 is 1.39 bits per heavy atom. The van der Waals surface area contributed by atoms with Gasteiger partial charge in [-0.1, -0.05) is 80.6 Å². The number of benzene rings is 3. The van der Waals surface area contributed by atoms with Crippen molar-refractivity contribution in [2.75, 3.05) is 6.61 Å². The molecule has 70 heavy (non-hydrogen) atoms. The van der Waals surface area contributed by atoms with Gasteiger partial charge >= 0.3 is 35.8 Å². The van der Waals surface area contributed by atoms with E-state index in [0.717, 1.165) is 13.8 Å². The average molecular weight is 970 g/mol. The number of ketones is 1. The number of rotatable bonds is 14. The van der Waals surface area contributed by atoms with Crippen LogP contribution in [0.5, 0.6) is 0 Å². The predicted octanol–water partition coefficient (Wildman–Crippen LogP) is 3.12. The predicted molar refractivity (Wildman–Crippen MR) is 240 cm³/mol. The Labute approximate surface area is 402 Å². The van der Waals surface area contributed by atoms with E-state index < -0.39 is 144 Å². The number of aliphatic hydroxyl groups is 3. The third kappa shape index (κ3) is 8.86. The summed E-state index contributed by atoms with van der Waals surface area (Å²) in [5.41, 5.74) is -9.39. The minimum absolute atomic E-state index is 0.0617. The highest BCUT2D eigenvalue weighted by atomic mass is 16.6. The maximum Gasteiger partial charge on any atom is 0.350 e. The molecular weight excluding hydrogens is 915 g/mol. The van der Waals surface area contributed by atoms with Gasteiger partial charge in [0.2, 0.25) is 6.10 Å². The molecule has 1 aliphatic heterocycles. The fourth-order valence-corrected chi connectivity index (χ4v) is 10.8. The van der Waals surface area contributed by atoms with Gasteiger partial charge in [0.25, 0.3) is 5.91 Å². The van der Waals surface area contributed by atoms with E-state index in [4.69, 9.17) is 28.4 Å². The van der Waals surface area contributed by atoms with Crippen LogP contribution in [0.3, 0.4) is 0 Å². The summed E-state index contributed by atoms with van der Waals surface area (Å²) in [6.07, 6.45) is -15.6. The van der Waals surface area contributed by atoms with Crippen LogP contribution in [0.4, 0.5) is 0 Å². The number of carboxylic acids is 1. The van der Waals surface area contributed by atoms with Gasteiger partial charge in [-0.3, -0.25) is 28.8 Å². The Hall–Kier alpha value is -6.80. The number of esters is 5. The molecule has 0 radical (unpaired) electrons. The van der Waals surface area contributed by atoms with Gasteiger partial charge in [-0.2, -0.15) is 0 Å². The molecule has 1 amide bonds. The van der Waals surface area contributed by atoms with Crippen molar-refractivity contribution >= 4 is 47.5 Å². The number of hydrogen-bond donors (Lipinski definition) is 5. The quantitative estimate of drug-likeness (QED) is 0.0881. The number of aliphatic hydroxyl groups excluding tert-OH is 2. The fraction of sp³-hybridized carbons (Fsp3) is 0.451. The van der Waals surface area contributed by atoms with Crippen molar-refractivity contribution in [3.8, 4) is 0 Å². The summed E-state index contributed by atoms with van der Waals surface area (Å²) in [6, 6.07) is 21.4. The Balaban J connectivity index is 1.45. The van der Waals surface area contributed by atoms with Gasteiger partial charge in [-0.15, -0.1) is 0 Å². The molecule has 12 atom stereocenters. The number of aliphatic carboxylic acids is 1. The first kappa shape index (κ1) is 51.1. The first-order chi connectivity index (χ1) is 33.0. The maximum atomic E-state index is 15.7. The summed E-state index contributed by atoms with van der Waals surface area (Å²) < 4.78 is 35.9. The molecule has 2 saturated carbocycles. The van der Waals surface area contributed by atoms with Crippen molar-refractivity contribution in [1.29, 1.82) is 0 Å². The van der Waals surface area contributed by atoms with Crippen LogP contribution in [0.15, 0.2) is 102 Å². The van der Waals surface area contributed by atoms with Crippen LogP contribution in [-0.4, -0.2) is 128 Å². The number of Topliss-reactive ketones (excluding diaryl/α,β-unsaturated/α-hetero) is 1. The zero-order chi connectivity index (χ0) is 51.1. The van der Waals surface area contributed by atoms with Crippen molar-refractivity contribution in [2.24, 2.45) is 16.7 Å². The molecule has 5 N–H and O–H groups in total. The molecule has 3 aromatic carbocycles. The van der Waals surface area contributed by atoms with E-state index in [-0.39, 0.29) is 34.3 Å². The van der Waals surface area contributed by atoms with Gasteiger partial charge in [0.15, 0.2) is 23.6 Å². The van der Waals surface area contributed by atoms with Gasteiger partial charge in [-0.25, -0.2) is 9.59 Å². The summed E-state index contributed by atoms with van der Waals surface area (Å²) in [4.78, 5) is 110. The molecule has 2 bridgehead atoms. The van der Waals surface area contributed by atoms with Crippen LogP contribution in [-0.2, 0) is 57.2 Å². The largest absolute Gasteiger partial charge is 0.481 e. The molecule has 3 aromatic rings. The third-order valence-electron chi connectivity index (χ3n) is 14.3. The number of fused-ring (bicyclic) bond motifs is 5. The highest BCUT2D eigenvalue weighted by molar-refractivity contribution is 5.96. The number of carbonyl (C=O) groups is 8. The summed E-state index contributed by atoms with van der Waals surface area (Å²) in [5, 5.41) is 51.2. The summed E-state index contributed by atoms with van der Waals surface area (Å²) in [7, 11) is 0. The number of carbonyl (C=O) groups excluding carboxylic acids is 7. The van der Waals surface area contributed by atoms with Gasteiger partial charge in [0.1, 0.15) is 30.0 Å². The second kappa shape index (κ2) is 19.5. The SMILES string of the molecule is CC(=O)O[C@H]1C(=O)[C@@]2(C)[C@H]([C@H](OC(=O)c3ccccc3)[C@]3(O)[C@H](O)[C@H](OC(=O)[C@H](OC(=O)CCC(=O)O)[C@@H](NC(=O)c4ccccc4)c4ccccc4)C(C)=C1C3(C)C)[C@]1(OC(C)=O)CO[C@@H]1C[C@@H]2O. The van der Waals surface area contributed by atoms with Crippen LogP contribution in [0, 0.1) is 16.7 Å². The molecule has 0 aromatic heterocycles. The van der Waals surface area contributed by atoms with E-state index in [0.29, 0.717) is 0 Å². The topological polar surface area (TPSA) is 285 Å². The van der Waals surface area contributed by atoms with E-state index in [9.17, 15) is 49.2 Å². The first-order valence-corrected chi connectivity index (χ1v) is 22.6. The van der Waals surface area contributed by atoms with E-state index in [2.05, 4.69) is 5.32 Å². The molecule has 1 saturated heterocycles. The van der Waals surface area contributed by atoms with Crippen molar-refractivity contribution in [2.45, 2.75) is 121 Å². The molecule has 1 heterocycles. The van der Waals surface area contributed by atoms with E-state index in [1.807, 2.05) is 0 Å². The number of amides is 1. The minimum atomic E-state index is -2.99. The van der Waals surface area contributed by atoms with Crippen molar-refractivity contribution in [3.05, 3.63) is 119 Å². The molecule has 0 spiro atoms. The molecule has 19 heteroatoms. The molecular formula is C51H55NO18. The number of ether oxygens (including phenoxy) is 6. The normalized spacial score (nSPS) is 30.5. The van der Waals surface area contributed by atoms with E-state index in [1.165, 1.54) is 76.2 Å². The number of hydrogen-bond acceptors (Lipinski definition) is 17. The standard InChI is InChI=1S/C51H55NO18/c1-26-36-39(66-27(2)53)42(59)49(6)32(55)24-33-50(25-65-33,70-28(3)54)41(49)44(69-46(62)31-20-14-9-15-21-31)51(64,48(36,4)5)43(60)38(26)68-47(63)40(67-35(58)23-22-34(56)57)37(29-16-10-7-11-17-29)52-45(61)30-18-12-8-13-19-30/h7-21,32-33,37-41,43-44,55,60,64H,22-25H2,1-6H3,(H,52,61)(H,56,57)/t32-,33+,37-,38+,39+,40+,41-,43+,44-,49+,50-,51+/m0/s1. The number of nitrogens with one attached hydrogen (secondary N) is 1. The Bertz CT molecular complexity index is 2580. The lowest BCUT2D eigenvalue weighted by Crippen LogP contribution is -2.83. The van der Waals surface area contributed by atoms with Crippen LogP contribution in [0.25, 0.3) is 0 Å². The molecule has 19 nitrogen and oxygen atoms in total. The second-order valence-corrected chi connectivity index (χ2v) is 18.8. The van der Waals surface area contributed by atoms with Crippen molar-refractivity contribution < 1.29 is 87.2 Å². The summed E-state index contributed by atoms with van der Waals surface area (Å²) >= 11 is 0. The molecule has 372 valence electrons. The lowest BCUT2D eigenvalue weighted by Gasteiger charge is -2.68. The Morgan fingerprint density at radius 1 is 0.800 bits per heavy atom. The highest BCUT2D eigenvalue weighted by Crippen LogP contribution is 2.64. The smallest absolute Gasteiger partial charge is 0.350 e. The Kier molecular flexibility index (Phi) is 14.3. The lowest BCUT2D eigenvalue weighted by molar-refractivity contribution is -0.352. The zero-order valence-electron chi connectivity index (χ0n) is 39.2. The molecule has 3 aliphatic carbocycles. The van der Waals surface area contributed by atoms with Crippen LogP contribution in [0.1, 0.15) is 93.1 Å². The first-order valence-electron chi connectivity index (χ1n) is 22.6. The van der Waals surface area contributed by atoms with Gasteiger partial charge in [0.05, 0.1) is 42.4 Å². The summed E-state index contributed by atoms with van der Waals surface area (Å²) in [5.74, 6) is -10.6. The second-order valence-electron chi connectivity index (χ2n) is 18.8. The summed E-state index contributed by atoms with van der Waals surface area (Å²) in [6.45, 7) is 6.98. The molecule has 0 unspecified atom stereocenters. The highest BCUT2D eigenvalue weighted by Gasteiger charge is 2.80. The van der Waals surface area contributed by atoms with Crippen molar-refractivity contribution in [1.82, 2.24) is 5.32 Å². The maximum absolute atomic E-state index is 15.7. The van der Waals surface area contributed by atoms with E-state index in [1.54, 1.807) is 42.5 Å². The van der Waals surface area contributed by atoms with Gasteiger partial charge < -0.3 is 54.2 Å². The van der Waals surface area contributed by atoms with Crippen LogP contribution in [0.2, 0.25) is 0 Å². The number of carboxylic acid groups (broad SMARTS) is 1. The van der Waals surface area contributed by atoms with E-state index >= 15 is 9.59 Å². The lowest BCUT2D eigenvalue weighted by atomic mass is 9.44.